The van der Waals surface area contributed by atoms with Crippen molar-refractivity contribution in [3.05, 3.63) is 52.6 Å². The Morgan fingerprint density at radius 3 is 2.96 bits per heavy atom. The molecule has 5 N–H and O–H groups in total. The zero-order chi connectivity index (χ0) is 19.7. The van der Waals surface area contributed by atoms with Gasteiger partial charge < -0.3 is 25.4 Å². The quantitative estimate of drug-likeness (QED) is 0.465. The number of ether oxygens (including phenoxy) is 2. The maximum Gasteiger partial charge on any atom is 0.280 e. The topological polar surface area (TPSA) is 149 Å². The molecule has 1 aliphatic rings. The summed E-state index contributed by atoms with van der Waals surface area (Å²) in [5.74, 6) is -0.0208. The largest absolute Gasteiger partial charge is 0.390 e. The average molecular weight is 387 g/mol. The first-order valence-corrected chi connectivity index (χ1v) is 8.89. The number of benzene rings is 1. The molecule has 0 saturated carbocycles. The average Bonchev–Trinajstić information content (AvgIpc) is 3.26. The van der Waals surface area contributed by atoms with Gasteiger partial charge in [0.1, 0.15) is 18.4 Å². The number of anilines is 1. The van der Waals surface area contributed by atoms with Crippen LogP contribution in [0.5, 0.6) is 0 Å². The molecular weight excluding hydrogens is 366 g/mol. The SMILES string of the molecule is Nc1nc2c(ncn2[C@H]2C[C@H](O)[C@@H](COCC(O)c3ccccc3)O2)c(=O)[nH]1. The van der Waals surface area contributed by atoms with Crippen LogP contribution in [0, 0.1) is 0 Å². The van der Waals surface area contributed by atoms with Crippen LogP contribution in [0.3, 0.4) is 0 Å². The molecule has 1 aliphatic heterocycles. The van der Waals surface area contributed by atoms with Gasteiger partial charge in [0.2, 0.25) is 5.95 Å². The van der Waals surface area contributed by atoms with Crippen molar-refractivity contribution >= 4 is 17.1 Å². The number of H-pyrrole nitrogens is 1. The van der Waals surface area contributed by atoms with Gasteiger partial charge in [-0.05, 0) is 5.56 Å². The lowest BCUT2D eigenvalue weighted by molar-refractivity contribution is -0.0736. The minimum Gasteiger partial charge on any atom is -0.390 e. The van der Waals surface area contributed by atoms with E-state index in [2.05, 4.69) is 15.0 Å². The lowest BCUT2D eigenvalue weighted by atomic mass is 10.1. The van der Waals surface area contributed by atoms with Crippen LogP contribution in [-0.4, -0.2) is 55.2 Å². The summed E-state index contributed by atoms with van der Waals surface area (Å²) in [5.41, 5.74) is 6.37. The van der Waals surface area contributed by atoms with Gasteiger partial charge in [-0.25, -0.2) is 4.98 Å². The van der Waals surface area contributed by atoms with Gasteiger partial charge in [0, 0.05) is 6.42 Å². The molecule has 10 nitrogen and oxygen atoms in total. The molecule has 1 fully saturated rings. The number of nitrogen functional groups attached to an aromatic ring is 1. The smallest absolute Gasteiger partial charge is 0.280 e. The summed E-state index contributed by atoms with van der Waals surface area (Å²) in [7, 11) is 0. The fraction of sp³-hybridized carbons (Fsp3) is 0.389. The molecule has 0 amide bonds. The second kappa shape index (κ2) is 7.68. The Morgan fingerprint density at radius 2 is 2.18 bits per heavy atom. The summed E-state index contributed by atoms with van der Waals surface area (Å²) >= 11 is 0. The molecule has 0 radical (unpaired) electrons. The Bertz CT molecular complexity index is 1000. The molecule has 2 aromatic heterocycles. The van der Waals surface area contributed by atoms with E-state index in [4.69, 9.17) is 15.2 Å². The highest BCUT2D eigenvalue weighted by Gasteiger charge is 2.36. The van der Waals surface area contributed by atoms with Crippen molar-refractivity contribution in [3.8, 4) is 0 Å². The normalized spacial score (nSPS) is 23.3. The number of fused-ring (bicyclic) bond motifs is 1. The Morgan fingerprint density at radius 1 is 1.39 bits per heavy atom. The minimum atomic E-state index is -0.768. The van der Waals surface area contributed by atoms with Gasteiger partial charge in [-0.15, -0.1) is 0 Å². The molecule has 10 heteroatoms. The highest BCUT2D eigenvalue weighted by molar-refractivity contribution is 5.70. The van der Waals surface area contributed by atoms with E-state index in [9.17, 15) is 15.0 Å². The van der Waals surface area contributed by atoms with E-state index in [0.29, 0.717) is 5.65 Å². The van der Waals surface area contributed by atoms with E-state index in [-0.39, 0.29) is 31.1 Å². The van der Waals surface area contributed by atoms with Gasteiger partial charge in [0.05, 0.1) is 25.6 Å². The van der Waals surface area contributed by atoms with Gasteiger partial charge in [-0.3, -0.25) is 14.3 Å². The van der Waals surface area contributed by atoms with Crippen LogP contribution in [0.1, 0.15) is 24.3 Å². The maximum absolute atomic E-state index is 11.9. The van der Waals surface area contributed by atoms with E-state index < -0.39 is 30.1 Å². The standard InChI is InChI=1S/C18H21N5O5/c19-18-21-16-15(17(26)22-18)20-9-23(16)14-6-11(24)13(28-14)8-27-7-12(25)10-4-2-1-3-5-10/h1-5,9,11-14,24-25H,6-8H2,(H3,19,21,22,26)/t11-,12?,13+,14+/m0/s1. The van der Waals surface area contributed by atoms with Crippen molar-refractivity contribution in [3.63, 3.8) is 0 Å². The van der Waals surface area contributed by atoms with Crippen molar-refractivity contribution in [1.29, 1.82) is 0 Å². The van der Waals surface area contributed by atoms with E-state index in [1.165, 1.54) is 6.33 Å². The zero-order valence-corrected chi connectivity index (χ0v) is 14.9. The van der Waals surface area contributed by atoms with Crippen LogP contribution < -0.4 is 11.3 Å². The summed E-state index contributed by atoms with van der Waals surface area (Å²) in [6.45, 7) is 0.201. The first-order valence-electron chi connectivity index (χ1n) is 8.89. The monoisotopic (exact) mass is 387 g/mol. The number of imidazole rings is 1. The lowest BCUT2D eigenvalue weighted by Gasteiger charge is -2.17. The number of aromatic amines is 1. The molecule has 4 atom stereocenters. The van der Waals surface area contributed by atoms with Crippen molar-refractivity contribution in [2.24, 2.45) is 0 Å². The first kappa shape index (κ1) is 18.6. The predicted molar refractivity (Wildman–Crippen MR) is 99.3 cm³/mol. The van der Waals surface area contributed by atoms with E-state index in [1.807, 2.05) is 30.3 Å². The lowest BCUT2D eigenvalue weighted by Crippen LogP contribution is -2.27. The van der Waals surface area contributed by atoms with Gasteiger partial charge >= 0.3 is 0 Å². The fourth-order valence-electron chi connectivity index (χ4n) is 3.26. The number of hydrogen-bond acceptors (Lipinski definition) is 8. The molecular formula is C18H21N5O5. The molecule has 148 valence electrons. The summed E-state index contributed by atoms with van der Waals surface area (Å²) in [5, 5.41) is 20.4. The third-order valence-corrected chi connectivity index (χ3v) is 4.71. The van der Waals surface area contributed by atoms with Gasteiger partial charge in [0.15, 0.2) is 11.2 Å². The summed E-state index contributed by atoms with van der Waals surface area (Å²) in [6.07, 6.45) is -0.935. The molecule has 0 aliphatic carbocycles. The van der Waals surface area contributed by atoms with Crippen LogP contribution in [0.2, 0.25) is 0 Å². The van der Waals surface area contributed by atoms with Crippen LogP contribution in [0.25, 0.3) is 11.2 Å². The summed E-state index contributed by atoms with van der Waals surface area (Å²) < 4.78 is 13.0. The van der Waals surface area contributed by atoms with Gasteiger partial charge in [-0.1, -0.05) is 30.3 Å². The van der Waals surface area contributed by atoms with Gasteiger partial charge in [0.25, 0.3) is 5.56 Å². The van der Waals surface area contributed by atoms with Crippen LogP contribution in [-0.2, 0) is 9.47 Å². The minimum absolute atomic E-state index is 0.0208. The molecule has 4 rings (SSSR count). The molecule has 3 aromatic rings. The predicted octanol–water partition coefficient (Wildman–Crippen LogP) is 0.100. The van der Waals surface area contributed by atoms with Crippen molar-refractivity contribution < 1.29 is 19.7 Å². The van der Waals surface area contributed by atoms with Crippen LogP contribution >= 0.6 is 0 Å². The number of rotatable bonds is 6. The molecule has 0 bridgehead atoms. The van der Waals surface area contributed by atoms with Crippen molar-refractivity contribution in [2.45, 2.75) is 31.0 Å². The third-order valence-electron chi connectivity index (χ3n) is 4.71. The molecule has 3 heterocycles. The summed E-state index contributed by atoms with van der Waals surface area (Å²) in [6, 6.07) is 9.18. The number of nitrogens with one attached hydrogen (secondary N) is 1. The Kier molecular flexibility index (Phi) is 5.09. The number of nitrogens with two attached hydrogens (primary N) is 1. The second-order valence-corrected chi connectivity index (χ2v) is 6.67. The molecule has 0 spiro atoms. The number of aromatic nitrogens is 4. The second-order valence-electron chi connectivity index (χ2n) is 6.67. The van der Waals surface area contributed by atoms with Crippen LogP contribution in [0.4, 0.5) is 5.95 Å². The summed E-state index contributed by atoms with van der Waals surface area (Å²) in [4.78, 5) is 22.4. The van der Waals surface area contributed by atoms with Crippen LogP contribution in [0.15, 0.2) is 41.5 Å². The van der Waals surface area contributed by atoms with E-state index >= 15 is 0 Å². The van der Waals surface area contributed by atoms with E-state index in [0.717, 1.165) is 5.56 Å². The number of aliphatic hydroxyl groups excluding tert-OH is 2. The van der Waals surface area contributed by atoms with Crippen molar-refractivity contribution in [1.82, 2.24) is 19.5 Å². The van der Waals surface area contributed by atoms with Gasteiger partial charge in [-0.2, -0.15) is 4.98 Å². The molecule has 1 unspecified atom stereocenters. The molecule has 1 saturated heterocycles. The Labute approximate surface area is 159 Å². The molecule has 1 aromatic carbocycles. The Hall–Kier alpha value is -2.79. The fourth-order valence-corrected chi connectivity index (χ4v) is 3.26. The molecule has 28 heavy (non-hydrogen) atoms. The maximum atomic E-state index is 11.9. The number of hydrogen-bond donors (Lipinski definition) is 4. The Balaban J connectivity index is 1.39. The highest BCUT2D eigenvalue weighted by Crippen LogP contribution is 2.30. The van der Waals surface area contributed by atoms with Crippen molar-refractivity contribution in [2.75, 3.05) is 18.9 Å². The third kappa shape index (κ3) is 3.62. The van der Waals surface area contributed by atoms with E-state index in [1.54, 1.807) is 4.57 Å². The zero-order valence-electron chi connectivity index (χ0n) is 14.9. The highest BCUT2D eigenvalue weighted by atomic mass is 16.6. The number of aliphatic hydroxyl groups is 2. The first-order chi connectivity index (χ1) is 13.5. The number of nitrogens with zero attached hydrogens (tertiary/aromatic N) is 3.